The number of hydrogen-bond donors (Lipinski definition) is 1. The van der Waals surface area contributed by atoms with Crippen LogP contribution in [0.1, 0.15) is 58.3 Å². The standard InChI is InChI=1S/C13H25NO2/c1-2-3-4-5-9-13(16)14(10-11-15)12-7-6-8-12/h12,15H,2-11H2,1H3. The summed E-state index contributed by atoms with van der Waals surface area (Å²) >= 11 is 0. The largest absolute Gasteiger partial charge is 0.395 e. The van der Waals surface area contributed by atoms with Gasteiger partial charge in [-0.3, -0.25) is 4.79 Å². The summed E-state index contributed by atoms with van der Waals surface area (Å²) in [5.41, 5.74) is 0. The molecule has 0 aromatic heterocycles. The minimum Gasteiger partial charge on any atom is -0.395 e. The van der Waals surface area contributed by atoms with Gasteiger partial charge >= 0.3 is 0 Å². The Morgan fingerprint density at radius 1 is 1.31 bits per heavy atom. The fraction of sp³-hybridized carbons (Fsp3) is 0.923. The summed E-state index contributed by atoms with van der Waals surface area (Å²) in [6.07, 6.45) is 8.72. The molecule has 0 bridgehead atoms. The van der Waals surface area contributed by atoms with Crippen molar-refractivity contribution in [2.75, 3.05) is 13.2 Å². The van der Waals surface area contributed by atoms with Crippen LogP contribution >= 0.6 is 0 Å². The summed E-state index contributed by atoms with van der Waals surface area (Å²) in [7, 11) is 0. The van der Waals surface area contributed by atoms with Crippen molar-refractivity contribution < 1.29 is 9.90 Å². The molecule has 0 heterocycles. The maximum absolute atomic E-state index is 11.9. The Morgan fingerprint density at radius 2 is 2.06 bits per heavy atom. The van der Waals surface area contributed by atoms with E-state index in [9.17, 15) is 4.79 Å². The zero-order valence-electron chi connectivity index (χ0n) is 10.5. The highest BCUT2D eigenvalue weighted by Gasteiger charge is 2.27. The minimum absolute atomic E-state index is 0.0944. The highest BCUT2D eigenvalue weighted by molar-refractivity contribution is 5.76. The molecule has 3 nitrogen and oxygen atoms in total. The number of carbonyl (C=O) groups is 1. The van der Waals surface area contributed by atoms with Crippen molar-refractivity contribution in [1.29, 1.82) is 0 Å². The Hall–Kier alpha value is -0.570. The molecule has 0 radical (unpaired) electrons. The third-order valence-corrected chi connectivity index (χ3v) is 3.42. The van der Waals surface area contributed by atoms with Gasteiger partial charge in [0.1, 0.15) is 0 Å². The van der Waals surface area contributed by atoms with Gasteiger partial charge in [-0.25, -0.2) is 0 Å². The van der Waals surface area contributed by atoms with E-state index in [2.05, 4.69) is 6.92 Å². The summed E-state index contributed by atoms with van der Waals surface area (Å²) < 4.78 is 0. The van der Waals surface area contributed by atoms with E-state index in [1.165, 1.54) is 19.3 Å². The number of unbranched alkanes of at least 4 members (excludes halogenated alkanes) is 3. The minimum atomic E-state index is 0.0944. The van der Waals surface area contributed by atoms with Gasteiger partial charge < -0.3 is 10.0 Å². The van der Waals surface area contributed by atoms with Crippen LogP contribution in [0, 0.1) is 0 Å². The second kappa shape index (κ2) is 7.66. The van der Waals surface area contributed by atoms with Crippen LogP contribution in [0.4, 0.5) is 0 Å². The highest BCUT2D eigenvalue weighted by Crippen LogP contribution is 2.25. The molecule has 1 amide bonds. The van der Waals surface area contributed by atoms with Crippen LogP contribution in [0.25, 0.3) is 0 Å². The molecule has 1 saturated carbocycles. The maximum atomic E-state index is 11.9. The van der Waals surface area contributed by atoms with Gasteiger partial charge in [0.05, 0.1) is 6.61 Å². The first-order valence-electron chi connectivity index (χ1n) is 6.70. The van der Waals surface area contributed by atoms with Crippen LogP contribution in [0.2, 0.25) is 0 Å². The van der Waals surface area contributed by atoms with E-state index >= 15 is 0 Å². The van der Waals surface area contributed by atoms with E-state index < -0.39 is 0 Å². The zero-order chi connectivity index (χ0) is 11.8. The molecule has 0 aromatic rings. The number of hydrogen-bond acceptors (Lipinski definition) is 2. The van der Waals surface area contributed by atoms with Gasteiger partial charge in [-0.05, 0) is 25.7 Å². The number of rotatable bonds is 8. The van der Waals surface area contributed by atoms with Gasteiger partial charge in [0, 0.05) is 19.0 Å². The molecular formula is C13H25NO2. The van der Waals surface area contributed by atoms with E-state index in [1.807, 2.05) is 4.90 Å². The number of amides is 1. The first kappa shape index (κ1) is 13.5. The van der Waals surface area contributed by atoms with Crippen molar-refractivity contribution in [2.45, 2.75) is 64.3 Å². The van der Waals surface area contributed by atoms with Gasteiger partial charge in [-0.1, -0.05) is 26.2 Å². The lowest BCUT2D eigenvalue weighted by molar-refractivity contribution is -0.136. The average molecular weight is 227 g/mol. The molecule has 3 heteroatoms. The lowest BCUT2D eigenvalue weighted by Gasteiger charge is -2.37. The van der Waals surface area contributed by atoms with Crippen molar-refractivity contribution in [1.82, 2.24) is 4.90 Å². The summed E-state index contributed by atoms with van der Waals surface area (Å²) in [6, 6.07) is 0.422. The average Bonchev–Trinajstić information content (AvgIpc) is 2.21. The molecule has 0 unspecified atom stereocenters. The van der Waals surface area contributed by atoms with Crippen LogP contribution in [0.3, 0.4) is 0 Å². The zero-order valence-corrected chi connectivity index (χ0v) is 10.5. The van der Waals surface area contributed by atoms with Gasteiger partial charge in [0.25, 0.3) is 0 Å². The molecule has 16 heavy (non-hydrogen) atoms. The van der Waals surface area contributed by atoms with Crippen LogP contribution in [0.15, 0.2) is 0 Å². The van der Waals surface area contributed by atoms with E-state index in [4.69, 9.17) is 5.11 Å². The van der Waals surface area contributed by atoms with Crippen LogP contribution in [-0.4, -0.2) is 35.1 Å². The second-order valence-electron chi connectivity index (χ2n) is 4.71. The Labute approximate surface area is 98.8 Å². The van der Waals surface area contributed by atoms with E-state index in [0.29, 0.717) is 19.0 Å². The molecule has 1 aliphatic carbocycles. The molecule has 1 fully saturated rings. The molecule has 0 spiro atoms. The SMILES string of the molecule is CCCCCCC(=O)N(CCO)C1CCC1. The first-order chi connectivity index (χ1) is 7.79. The van der Waals surface area contributed by atoms with Crippen molar-refractivity contribution in [3.63, 3.8) is 0 Å². The summed E-state index contributed by atoms with van der Waals surface area (Å²) in [6.45, 7) is 2.79. The Bertz CT molecular complexity index is 202. The van der Waals surface area contributed by atoms with Gasteiger partial charge in [0.2, 0.25) is 5.91 Å². The first-order valence-corrected chi connectivity index (χ1v) is 6.70. The molecule has 94 valence electrons. The van der Waals surface area contributed by atoms with Crippen LogP contribution in [-0.2, 0) is 4.79 Å². The van der Waals surface area contributed by atoms with Gasteiger partial charge in [-0.15, -0.1) is 0 Å². The predicted octanol–water partition coefficient (Wildman–Crippen LogP) is 2.33. The third-order valence-electron chi connectivity index (χ3n) is 3.42. The molecule has 1 N–H and O–H groups in total. The monoisotopic (exact) mass is 227 g/mol. The molecule has 0 aliphatic heterocycles. The van der Waals surface area contributed by atoms with Crippen molar-refractivity contribution in [3.05, 3.63) is 0 Å². The predicted molar refractivity (Wildman–Crippen MR) is 65.2 cm³/mol. The summed E-state index contributed by atoms with van der Waals surface area (Å²) in [4.78, 5) is 13.8. The highest BCUT2D eigenvalue weighted by atomic mass is 16.3. The van der Waals surface area contributed by atoms with Crippen molar-refractivity contribution in [2.24, 2.45) is 0 Å². The maximum Gasteiger partial charge on any atom is 0.222 e. The quantitative estimate of drug-likeness (QED) is 0.647. The summed E-state index contributed by atoms with van der Waals surface area (Å²) in [5.74, 6) is 0.245. The normalized spacial score (nSPS) is 15.9. The molecular weight excluding hydrogens is 202 g/mol. The number of aliphatic hydroxyl groups excluding tert-OH is 1. The molecule has 1 rings (SSSR count). The Morgan fingerprint density at radius 3 is 2.56 bits per heavy atom. The van der Waals surface area contributed by atoms with Crippen molar-refractivity contribution >= 4 is 5.91 Å². The van der Waals surface area contributed by atoms with Gasteiger partial charge in [0.15, 0.2) is 0 Å². The van der Waals surface area contributed by atoms with E-state index in [1.54, 1.807) is 0 Å². The summed E-state index contributed by atoms with van der Waals surface area (Å²) in [5, 5.41) is 8.97. The molecule has 0 saturated heterocycles. The lowest BCUT2D eigenvalue weighted by Crippen LogP contribution is -2.45. The number of carbonyl (C=O) groups excluding carboxylic acids is 1. The van der Waals surface area contributed by atoms with E-state index in [-0.39, 0.29) is 12.5 Å². The molecule has 1 aliphatic rings. The smallest absolute Gasteiger partial charge is 0.222 e. The van der Waals surface area contributed by atoms with Crippen molar-refractivity contribution in [3.8, 4) is 0 Å². The lowest BCUT2D eigenvalue weighted by atomic mass is 9.91. The second-order valence-corrected chi connectivity index (χ2v) is 4.71. The molecule has 0 aromatic carbocycles. The van der Waals surface area contributed by atoms with E-state index in [0.717, 1.165) is 25.7 Å². The van der Waals surface area contributed by atoms with Gasteiger partial charge in [-0.2, -0.15) is 0 Å². The fourth-order valence-electron chi connectivity index (χ4n) is 2.16. The Kier molecular flexibility index (Phi) is 6.46. The third kappa shape index (κ3) is 4.12. The molecule has 0 atom stereocenters. The fourth-order valence-corrected chi connectivity index (χ4v) is 2.16. The Balaban J connectivity index is 2.23. The van der Waals surface area contributed by atoms with Crippen LogP contribution in [0.5, 0.6) is 0 Å². The topological polar surface area (TPSA) is 40.5 Å². The number of aliphatic hydroxyl groups is 1. The van der Waals surface area contributed by atoms with Crippen LogP contribution < -0.4 is 0 Å². The number of nitrogens with zero attached hydrogens (tertiary/aromatic N) is 1.